The molecule has 0 aliphatic rings. The maximum absolute atomic E-state index is 14.1. The van der Waals surface area contributed by atoms with E-state index in [4.69, 9.17) is 28.8 Å². The lowest BCUT2D eigenvalue weighted by atomic mass is 10.0. The Bertz CT molecular complexity index is 816. The van der Waals surface area contributed by atoms with Crippen LogP contribution in [0.3, 0.4) is 0 Å². The molecule has 0 fully saturated rings. The Hall–Kier alpha value is -1.10. The smallest absolute Gasteiger partial charge is 0.394 e. The summed E-state index contributed by atoms with van der Waals surface area (Å²) < 4.78 is 194. The lowest BCUT2D eigenvalue weighted by Crippen LogP contribution is -2.69. The van der Waals surface area contributed by atoms with Gasteiger partial charge in [0.25, 0.3) is 10.0 Å². The van der Waals surface area contributed by atoms with E-state index < -0.39 is 63.2 Å². The quantitative estimate of drug-likeness (QED) is 0.134. The lowest BCUT2D eigenvalue weighted by molar-refractivity contribution is -0.413. The van der Waals surface area contributed by atoms with E-state index in [1.807, 2.05) is 0 Å². The zero-order valence-corrected chi connectivity index (χ0v) is 21.8. The van der Waals surface area contributed by atoms with Gasteiger partial charge in [-0.15, -0.1) is 0 Å². The molecule has 0 unspecified atom stereocenters. The van der Waals surface area contributed by atoms with Crippen LogP contribution in [-0.4, -0.2) is 133 Å². The van der Waals surface area contributed by atoms with Crippen molar-refractivity contribution >= 4 is 10.0 Å². The predicted octanol–water partition coefficient (Wildman–Crippen LogP) is 2.77. The van der Waals surface area contributed by atoms with E-state index in [1.54, 1.807) is 0 Å². The highest BCUT2D eigenvalue weighted by atomic mass is 32.2. The van der Waals surface area contributed by atoms with Crippen molar-refractivity contribution in [3.05, 3.63) is 0 Å². The molecule has 0 heterocycles. The van der Waals surface area contributed by atoms with Crippen LogP contribution >= 0.6 is 0 Å². The minimum absolute atomic E-state index is 0.0521. The third-order valence-corrected chi connectivity index (χ3v) is 6.76. The van der Waals surface area contributed by atoms with Crippen molar-refractivity contribution in [1.82, 2.24) is 4.31 Å². The third kappa shape index (κ3) is 9.73. The first-order valence-electron chi connectivity index (χ1n) is 11.3. The van der Waals surface area contributed by atoms with Gasteiger partial charge >= 0.3 is 29.2 Å². The number of ether oxygens (including phenoxy) is 5. The molecular weight excluding hydrogens is 611 g/mol. The number of hydrogen-bond donors (Lipinski definition) is 1. The molecule has 0 atom stereocenters. The number of likely N-dealkylation sites (N-methyl/N-ethyl adjacent to an activating group) is 1. The Morgan fingerprint density at radius 2 is 0.925 bits per heavy atom. The maximum atomic E-state index is 14.1. The van der Waals surface area contributed by atoms with E-state index in [2.05, 4.69) is 0 Å². The fraction of sp³-hybridized carbons (Fsp3) is 1.00. The van der Waals surface area contributed by atoms with Crippen LogP contribution in [0.2, 0.25) is 0 Å². The summed E-state index contributed by atoms with van der Waals surface area (Å²) in [7, 11) is -6.90. The van der Waals surface area contributed by atoms with E-state index in [0.29, 0.717) is 0 Å². The van der Waals surface area contributed by atoms with Crippen LogP contribution in [0.15, 0.2) is 0 Å². The van der Waals surface area contributed by atoms with E-state index in [9.17, 15) is 56.7 Å². The van der Waals surface area contributed by atoms with Crippen molar-refractivity contribution in [1.29, 1.82) is 0 Å². The van der Waals surface area contributed by atoms with Gasteiger partial charge in [-0.25, -0.2) is 8.42 Å². The summed E-state index contributed by atoms with van der Waals surface area (Å²) in [6, 6.07) is 0. The van der Waals surface area contributed by atoms with Crippen molar-refractivity contribution < 1.29 is 85.5 Å². The monoisotopic (exact) mass is 641 g/mol. The minimum Gasteiger partial charge on any atom is -0.394 e. The maximum Gasteiger partial charge on any atom is 0.460 e. The van der Waals surface area contributed by atoms with Crippen LogP contribution in [0.5, 0.6) is 0 Å². The number of nitrogens with zero attached hydrogens (tertiary/aromatic N) is 1. The number of hydrogen-bond acceptors (Lipinski definition) is 8. The molecule has 0 bridgehead atoms. The molecule has 40 heavy (non-hydrogen) atoms. The average molecular weight is 641 g/mol. The molecule has 242 valence electrons. The van der Waals surface area contributed by atoms with E-state index in [0.717, 1.165) is 6.92 Å². The molecule has 0 radical (unpaired) electrons. The molecule has 0 aromatic heterocycles. The van der Waals surface area contributed by atoms with Crippen molar-refractivity contribution in [2.75, 3.05) is 85.8 Å². The van der Waals surface area contributed by atoms with Gasteiger partial charge in [0.1, 0.15) is 0 Å². The topological polar surface area (TPSA) is 104 Å². The Morgan fingerprint density at radius 3 is 1.25 bits per heavy atom. The molecule has 0 spiro atoms. The summed E-state index contributed by atoms with van der Waals surface area (Å²) in [5.41, 5.74) is 0. The van der Waals surface area contributed by atoms with Gasteiger partial charge in [-0.2, -0.15) is 52.6 Å². The summed E-state index contributed by atoms with van der Waals surface area (Å²) in [6.45, 7) is -1.41. The van der Waals surface area contributed by atoms with Gasteiger partial charge in [0, 0.05) is 13.1 Å². The first-order valence-corrected chi connectivity index (χ1v) is 12.8. The molecule has 0 saturated heterocycles. The van der Waals surface area contributed by atoms with Crippen molar-refractivity contribution in [2.24, 2.45) is 0 Å². The molecule has 0 saturated carbocycles. The Kier molecular flexibility index (Phi) is 16.1. The Morgan fingerprint density at radius 1 is 0.575 bits per heavy atom. The van der Waals surface area contributed by atoms with Gasteiger partial charge < -0.3 is 28.8 Å². The zero-order valence-electron chi connectivity index (χ0n) is 21.0. The first-order chi connectivity index (χ1) is 18.3. The fourth-order valence-corrected chi connectivity index (χ4v) is 3.97. The molecule has 0 rings (SSSR count). The third-order valence-electron chi connectivity index (χ3n) is 4.74. The van der Waals surface area contributed by atoms with E-state index in [1.165, 1.54) is 0 Å². The zero-order chi connectivity index (χ0) is 31.3. The molecule has 0 amide bonds. The fourth-order valence-electron chi connectivity index (χ4n) is 2.54. The largest absolute Gasteiger partial charge is 0.460 e. The summed E-state index contributed by atoms with van der Waals surface area (Å²) in [5.74, 6) is -23.2. The highest BCUT2D eigenvalue weighted by molar-refractivity contribution is 7.90. The standard InChI is InChI=1S/C19H30F11NO8S/c1-2-31(3-5-35-7-9-37-11-13-39-14-12-38-10-8-36-6-4-32)40(33,34)19(29,30)17(24,25)15(20,21)16(22,23)18(26,27)28/h32H,2-14H2,1H3. The highest BCUT2D eigenvalue weighted by Crippen LogP contribution is 2.58. The predicted molar refractivity (Wildman–Crippen MR) is 113 cm³/mol. The van der Waals surface area contributed by atoms with Gasteiger partial charge in [-0.3, -0.25) is 0 Å². The molecular formula is C19H30F11NO8S. The second-order valence-electron chi connectivity index (χ2n) is 7.52. The van der Waals surface area contributed by atoms with Crippen LogP contribution in [0.4, 0.5) is 48.3 Å². The first kappa shape index (κ1) is 38.9. The van der Waals surface area contributed by atoms with Crippen molar-refractivity contribution in [3.63, 3.8) is 0 Å². The molecule has 9 nitrogen and oxygen atoms in total. The second-order valence-corrected chi connectivity index (χ2v) is 9.50. The molecule has 21 heteroatoms. The summed E-state index contributed by atoms with van der Waals surface area (Å²) >= 11 is 0. The summed E-state index contributed by atoms with van der Waals surface area (Å²) in [5, 5.41) is 1.43. The molecule has 1 N–H and O–H groups in total. The highest BCUT2D eigenvalue weighted by Gasteiger charge is 2.89. The molecule has 0 aliphatic heterocycles. The average Bonchev–Trinajstić information content (AvgIpc) is 2.84. The SMILES string of the molecule is CCN(CCOCCOCCOCCOCCOCCO)S(=O)(=O)C(F)(F)C(F)(F)C(F)(F)C(F)(F)C(F)(F)F. The summed E-state index contributed by atoms with van der Waals surface area (Å²) in [4.78, 5) is 0. The van der Waals surface area contributed by atoms with Gasteiger partial charge in [0.05, 0.1) is 72.7 Å². The van der Waals surface area contributed by atoms with Gasteiger partial charge in [0.15, 0.2) is 0 Å². The number of alkyl halides is 11. The van der Waals surface area contributed by atoms with Gasteiger partial charge in [-0.05, 0) is 0 Å². The normalized spacial score (nSPS) is 14.3. The van der Waals surface area contributed by atoms with Crippen LogP contribution in [0.25, 0.3) is 0 Å². The minimum atomic E-state index is -7.84. The van der Waals surface area contributed by atoms with Crippen LogP contribution in [-0.2, 0) is 33.7 Å². The van der Waals surface area contributed by atoms with Crippen LogP contribution in [0, 0.1) is 0 Å². The van der Waals surface area contributed by atoms with Gasteiger partial charge in [0.2, 0.25) is 0 Å². The van der Waals surface area contributed by atoms with Crippen LogP contribution < -0.4 is 0 Å². The number of aliphatic hydroxyl groups is 1. The van der Waals surface area contributed by atoms with Crippen molar-refractivity contribution in [2.45, 2.75) is 36.1 Å². The lowest BCUT2D eigenvalue weighted by Gasteiger charge is -2.38. The Labute approximate surface area is 222 Å². The second kappa shape index (κ2) is 16.5. The summed E-state index contributed by atoms with van der Waals surface area (Å²) in [6.07, 6.45) is -7.41. The number of halogens is 11. The van der Waals surface area contributed by atoms with E-state index in [-0.39, 0.29) is 66.1 Å². The molecule has 0 aliphatic carbocycles. The molecule has 0 aromatic rings. The van der Waals surface area contributed by atoms with Gasteiger partial charge in [-0.1, -0.05) is 6.92 Å². The molecule has 0 aromatic carbocycles. The number of aliphatic hydroxyl groups excluding tert-OH is 1. The Balaban J connectivity index is 4.65. The van der Waals surface area contributed by atoms with Crippen molar-refractivity contribution in [3.8, 4) is 0 Å². The van der Waals surface area contributed by atoms with E-state index >= 15 is 0 Å². The number of rotatable bonds is 23. The number of sulfonamides is 1. The van der Waals surface area contributed by atoms with Crippen LogP contribution in [0.1, 0.15) is 6.92 Å².